The number of nitrogens with two attached hydrogens (primary N) is 1. The predicted octanol–water partition coefficient (Wildman–Crippen LogP) is 3.51. The lowest BCUT2D eigenvalue weighted by Gasteiger charge is -2.09. The van der Waals surface area contributed by atoms with Crippen molar-refractivity contribution in [1.82, 2.24) is 4.98 Å². The van der Waals surface area contributed by atoms with Crippen molar-refractivity contribution < 1.29 is 4.39 Å². The van der Waals surface area contributed by atoms with E-state index < -0.39 is 5.82 Å². The van der Waals surface area contributed by atoms with E-state index in [9.17, 15) is 4.39 Å². The molecule has 88 valence electrons. The van der Waals surface area contributed by atoms with Crippen molar-refractivity contribution in [2.24, 2.45) is 0 Å². The maximum atomic E-state index is 13.5. The van der Waals surface area contributed by atoms with E-state index in [1.807, 2.05) is 6.92 Å². The minimum absolute atomic E-state index is 0.251. The van der Waals surface area contributed by atoms with Gasteiger partial charge in [-0.1, -0.05) is 11.6 Å². The molecule has 3 nitrogen and oxygen atoms in total. The number of anilines is 3. The molecule has 2 rings (SSSR count). The van der Waals surface area contributed by atoms with Gasteiger partial charge >= 0.3 is 0 Å². The zero-order chi connectivity index (χ0) is 12.4. The maximum absolute atomic E-state index is 13.5. The Morgan fingerprint density at radius 1 is 1.35 bits per heavy atom. The Morgan fingerprint density at radius 3 is 2.82 bits per heavy atom. The average Bonchev–Trinajstić information content (AvgIpc) is 2.27. The van der Waals surface area contributed by atoms with Crippen LogP contribution in [0.2, 0.25) is 5.02 Å². The number of rotatable bonds is 2. The highest BCUT2D eigenvalue weighted by atomic mass is 35.5. The maximum Gasteiger partial charge on any atom is 0.153 e. The Hall–Kier alpha value is -1.81. The van der Waals surface area contributed by atoms with Gasteiger partial charge in [0, 0.05) is 11.2 Å². The van der Waals surface area contributed by atoms with E-state index in [4.69, 9.17) is 17.3 Å². The quantitative estimate of drug-likeness (QED) is 0.859. The Morgan fingerprint density at radius 2 is 2.12 bits per heavy atom. The first-order valence-corrected chi connectivity index (χ1v) is 5.38. The molecule has 0 amide bonds. The fourth-order valence-electron chi connectivity index (χ4n) is 1.42. The van der Waals surface area contributed by atoms with Gasteiger partial charge in [0.25, 0.3) is 0 Å². The molecule has 0 saturated carbocycles. The first kappa shape index (κ1) is 11.7. The number of aromatic nitrogens is 1. The van der Waals surface area contributed by atoms with Crippen molar-refractivity contribution in [3.05, 3.63) is 46.9 Å². The highest BCUT2D eigenvalue weighted by Gasteiger charge is 2.06. The zero-order valence-electron chi connectivity index (χ0n) is 9.17. The molecule has 0 unspecified atom stereocenters. The van der Waals surface area contributed by atoms with Crippen molar-refractivity contribution >= 4 is 28.8 Å². The Balaban J connectivity index is 2.34. The molecule has 0 spiro atoms. The Labute approximate surface area is 103 Å². The average molecular weight is 252 g/mol. The summed E-state index contributed by atoms with van der Waals surface area (Å²) in [5.41, 5.74) is 7.43. The third-order valence-electron chi connectivity index (χ3n) is 2.24. The summed E-state index contributed by atoms with van der Waals surface area (Å²) < 4.78 is 13.5. The largest absolute Gasteiger partial charge is 0.396 e. The molecular formula is C12H11ClFN3. The first-order chi connectivity index (χ1) is 8.06. The predicted molar refractivity (Wildman–Crippen MR) is 68.1 cm³/mol. The lowest BCUT2D eigenvalue weighted by atomic mass is 10.2. The van der Waals surface area contributed by atoms with E-state index in [1.165, 1.54) is 18.2 Å². The number of pyridine rings is 1. The smallest absolute Gasteiger partial charge is 0.153 e. The first-order valence-electron chi connectivity index (χ1n) is 5.00. The molecule has 1 aromatic carbocycles. The molecule has 1 aromatic heterocycles. The second-order valence-corrected chi connectivity index (χ2v) is 4.14. The van der Waals surface area contributed by atoms with E-state index >= 15 is 0 Å². The van der Waals surface area contributed by atoms with Gasteiger partial charge in [0.05, 0.1) is 11.4 Å². The van der Waals surface area contributed by atoms with Crippen molar-refractivity contribution in [3.8, 4) is 0 Å². The minimum atomic E-state index is -0.406. The molecule has 0 bridgehead atoms. The van der Waals surface area contributed by atoms with Gasteiger partial charge in [0.2, 0.25) is 0 Å². The van der Waals surface area contributed by atoms with E-state index in [-0.39, 0.29) is 5.69 Å². The summed E-state index contributed by atoms with van der Waals surface area (Å²) in [5.74, 6) is 0.00735. The van der Waals surface area contributed by atoms with Gasteiger partial charge in [0.15, 0.2) is 5.82 Å². The summed E-state index contributed by atoms with van der Waals surface area (Å²) in [6, 6.07) is 6.01. The van der Waals surface area contributed by atoms with Crippen LogP contribution in [0.5, 0.6) is 0 Å². The van der Waals surface area contributed by atoms with Crippen LogP contribution < -0.4 is 11.1 Å². The number of hydrogen-bond donors (Lipinski definition) is 2. The van der Waals surface area contributed by atoms with Crippen molar-refractivity contribution in [1.29, 1.82) is 0 Å². The van der Waals surface area contributed by atoms with Crippen LogP contribution in [0, 0.1) is 12.7 Å². The van der Waals surface area contributed by atoms with Gasteiger partial charge < -0.3 is 11.1 Å². The number of nitrogens with one attached hydrogen (secondary N) is 1. The number of halogens is 2. The normalized spacial score (nSPS) is 10.3. The highest BCUT2D eigenvalue weighted by Crippen LogP contribution is 2.25. The molecule has 0 aliphatic heterocycles. The number of aryl methyl sites for hydroxylation is 1. The monoisotopic (exact) mass is 251 g/mol. The van der Waals surface area contributed by atoms with Gasteiger partial charge in [-0.15, -0.1) is 0 Å². The third-order valence-corrected chi connectivity index (χ3v) is 2.47. The SMILES string of the molecule is Cc1cnc(Nc2cc(Cl)ccc2F)c(N)c1. The summed E-state index contributed by atoms with van der Waals surface area (Å²) in [6.45, 7) is 1.88. The van der Waals surface area contributed by atoms with Crippen LogP contribution in [-0.4, -0.2) is 4.98 Å². The number of nitrogens with zero attached hydrogens (tertiary/aromatic N) is 1. The molecule has 17 heavy (non-hydrogen) atoms. The summed E-state index contributed by atoms with van der Waals surface area (Å²) in [4.78, 5) is 4.10. The molecule has 0 fully saturated rings. The van der Waals surface area contributed by atoms with Gasteiger partial charge in [-0.05, 0) is 36.8 Å². The molecule has 0 radical (unpaired) electrons. The summed E-state index contributed by atoms with van der Waals surface area (Å²) in [5, 5.41) is 3.26. The van der Waals surface area contributed by atoms with Crippen LogP contribution in [0.25, 0.3) is 0 Å². The fourth-order valence-corrected chi connectivity index (χ4v) is 1.59. The van der Waals surface area contributed by atoms with Crippen molar-refractivity contribution in [2.75, 3.05) is 11.1 Å². The summed E-state index contributed by atoms with van der Waals surface area (Å²) >= 11 is 5.79. The molecule has 3 N–H and O–H groups in total. The van der Waals surface area contributed by atoms with E-state index in [0.29, 0.717) is 16.5 Å². The molecule has 0 saturated heterocycles. The van der Waals surface area contributed by atoms with Gasteiger partial charge in [-0.3, -0.25) is 0 Å². The lowest BCUT2D eigenvalue weighted by Crippen LogP contribution is -2.01. The van der Waals surface area contributed by atoms with Gasteiger partial charge in [-0.2, -0.15) is 0 Å². The van der Waals surface area contributed by atoms with Gasteiger partial charge in [0.1, 0.15) is 5.82 Å². The standard InChI is InChI=1S/C12H11ClFN3/c1-7-4-10(15)12(16-6-7)17-11-5-8(13)2-3-9(11)14/h2-6H,15H2,1H3,(H,16,17). The fraction of sp³-hybridized carbons (Fsp3) is 0.0833. The van der Waals surface area contributed by atoms with Crippen molar-refractivity contribution in [3.63, 3.8) is 0 Å². The van der Waals surface area contributed by atoms with Crippen LogP contribution in [0.15, 0.2) is 30.5 Å². The molecule has 1 heterocycles. The van der Waals surface area contributed by atoms with E-state index in [2.05, 4.69) is 10.3 Å². The molecule has 0 aliphatic rings. The number of nitrogen functional groups attached to an aromatic ring is 1. The zero-order valence-corrected chi connectivity index (χ0v) is 9.92. The molecule has 0 atom stereocenters. The molecule has 5 heteroatoms. The minimum Gasteiger partial charge on any atom is -0.396 e. The van der Waals surface area contributed by atoms with E-state index in [1.54, 1.807) is 12.3 Å². The topological polar surface area (TPSA) is 50.9 Å². The lowest BCUT2D eigenvalue weighted by molar-refractivity contribution is 0.632. The van der Waals surface area contributed by atoms with Gasteiger partial charge in [-0.25, -0.2) is 9.37 Å². The second kappa shape index (κ2) is 4.59. The molecular weight excluding hydrogens is 241 g/mol. The Bertz CT molecular complexity index is 557. The summed E-state index contributed by atoms with van der Waals surface area (Å²) in [7, 11) is 0. The molecule has 0 aliphatic carbocycles. The summed E-state index contributed by atoms with van der Waals surface area (Å²) in [6.07, 6.45) is 1.65. The number of benzene rings is 1. The van der Waals surface area contributed by atoms with Crippen LogP contribution in [0.1, 0.15) is 5.56 Å². The Kier molecular flexibility index (Phi) is 3.15. The van der Waals surface area contributed by atoms with Crippen LogP contribution in [0.4, 0.5) is 21.6 Å². The third kappa shape index (κ3) is 2.65. The number of hydrogen-bond acceptors (Lipinski definition) is 3. The van der Waals surface area contributed by atoms with E-state index in [0.717, 1.165) is 5.56 Å². The highest BCUT2D eigenvalue weighted by molar-refractivity contribution is 6.30. The molecule has 2 aromatic rings. The van der Waals surface area contributed by atoms with Crippen LogP contribution in [0.3, 0.4) is 0 Å². The van der Waals surface area contributed by atoms with Crippen LogP contribution >= 0.6 is 11.6 Å². The van der Waals surface area contributed by atoms with Crippen LogP contribution in [-0.2, 0) is 0 Å². The van der Waals surface area contributed by atoms with Crippen molar-refractivity contribution in [2.45, 2.75) is 6.92 Å². The second-order valence-electron chi connectivity index (χ2n) is 3.70.